The Balaban J connectivity index is 1.49. The summed E-state index contributed by atoms with van der Waals surface area (Å²) in [6, 6.07) is 12.3. The Morgan fingerprint density at radius 3 is 2.54 bits per heavy atom. The van der Waals surface area contributed by atoms with Gasteiger partial charge >= 0.3 is 6.61 Å². The summed E-state index contributed by atoms with van der Waals surface area (Å²) in [5.74, 6) is 0.759. The van der Waals surface area contributed by atoms with Gasteiger partial charge in [-0.1, -0.05) is 29.8 Å². The fourth-order valence-corrected chi connectivity index (χ4v) is 3.17. The van der Waals surface area contributed by atoms with E-state index in [1.54, 1.807) is 13.1 Å². The van der Waals surface area contributed by atoms with E-state index >= 15 is 0 Å². The fraction of sp³-hybridized carbons (Fsp3) is 0.350. The highest BCUT2D eigenvalue weighted by molar-refractivity contribution is 6.32. The molecule has 5 nitrogen and oxygen atoms in total. The van der Waals surface area contributed by atoms with E-state index in [1.165, 1.54) is 12.1 Å². The molecule has 1 fully saturated rings. The quantitative estimate of drug-likeness (QED) is 0.721. The van der Waals surface area contributed by atoms with Crippen molar-refractivity contribution < 1.29 is 23.0 Å². The van der Waals surface area contributed by atoms with Crippen molar-refractivity contribution in [2.45, 2.75) is 19.8 Å². The standard InChI is InChI=1S/C20H21ClF2N2O3/c1-24-19(26)15-10-25(11-15)9-13-2-5-16(6-3-13)27-12-14-4-7-17(21)18(8-14)28-20(22)23/h2-8,15,20H,9-12H2,1H3,(H,24,26). The van der Waals surface area contributed by atoms with Gasteiger partial charge in [-0.15, -0.1) is 0 Å². The maximum absolute atomic E-state index is 12.4. The van der Waals surface area contributed by atoms with Crippen LogP contribution in [0.5, 0.6) is 11.5 Å². The molecule has 0 spiro atoms. The summed E-state index contributed by atoms with van der Waals surface area (Å²) in [5, 5.41) is 2.79. The molecule has 3 rings (SSSR count). The predicted octanol–water partition coefficient (Wildman–Crippen LogP) is 3.70. The third kappa shape index (κ3) is 5.33. The van der Waals surface area contributed by atoms with E-state index in [1.807, 2.05) is 24.3 Å². The number of likely N-dealkylation sites (tertiary alicyclic amines) is 1. The third-order valence-electron chi connectivity index (χ3n) is 4.52. The first-order valence-electron chi connectivity index (χ1n) is 8.83. The molecule has 1 amide bonds. The molecule has 8 heteroatoms. The first kappa shape index (κ1) is 20.4. The highest BCUT2D eigenvalue weighted by Gasteiger charge is 2.31. The molecule has 0 bridgehead atoms. The van der Waals surface area contributed by atoms with Gasteiger partial charge in [0.15, 0.2) is 0 Å². The van der Waals surface area contributed by atoms with Gasteiger partial charge in [-0.3, -0.25) is 9.69 Å². The normalized spacial score (nSPS) is 14.6. The Hall–Kier alpha value is -2.38. The van der Waals surface area contributed by atoms with E-state index in [0.717, 1.165) is 25.2 Å². The third-order valence-corrected chi connectivity index (χ3v) is 4.83. The van der Waals surface area contributed by atoms with Crippen LogP contribution in [0, 0.1) is 5.92 Å². The van der Waals surface area contributed by atoms with E-state index in [9.17, 15) is 13.6 Å². The van der Waals surface area contributed by atoms with Crippen LogP contribution < -0.4 is 14.8 Å². The summed E-state index contributed by atoms with van der Waals surface area (Å²) >= 11 is 5.84. The average molecular weight is 411 g/mol. The van der Waals surface area contributed by atoms with Gasteiger partial charge in [0.2, 0.25) is 5.91 Å². The lowest BCUT2D eigenvalue weighted by Crippen LogP contribution is -2.52. The molecule has 1 aliphatic rings. The SMILES string of the molecule is CNC(=O)C1CN(Cc2ccc(OCc3ccc(Cl)c(OC(F)F)c3)cc2)C1. The smallest absolute Gasteiger partial charge is 0.387 e. The summed E-state index contributed by atoms with van der Waals surface area (Å²) in [6.45, 7) is -0.427. The summed E-state index contributed by atoms with van der Waals surface area (Å²) in [5.41, 5.74) is 1.80. The second-order valence-corrected chi connectivity index (χ2v) is 6.99. The summed E-state index contributed by atoms with van der Waals surface area (Å²) < 4.78 is 34.9. The fourth-order valence-electron chi connectivity index (χ4n) is 3.01. The molecule has 1 saturated heterocycles. The Labute approximate surface area is 167 Å². The predicted molar refractivity (Wildman–Crippen MR) is 102 cm³/mol. The monoisotopic (exact) mass is 410 g/mol. The van der Waals surface area contributed by atoms with Crippen LogP contribution in [0.15, 0.2) is 42.5 Å². The minimum atomic E-state index is -2.93. The molecule has 0 atom stereocenters. The largest absolute Gasteiger partial charge is 0.489 e. The Morgan fingerprint density at radius 2 is 1.89 bits per heavy atom. The molecule has 150 valence electrons. The van der Waals surface area contributed by atoms with E-state index < -0.39 is 6.61 Å². The van der Waals surface area contributed by atoms with Crippen molar-refractivity contribution in [2.24, 2.45) is 5.92 Å². The van der Waals surface area contributed by atoms with Crippen molar-refractivity contribution in [2.75, 3.05) is 20.1 Å². The van der Waals surface area contributed by atoms with E-state index in [0.29, 0.717) is 11.3 Å². The van der Waals surface area contributed by atoms with Crippen LogP contribution in [0.3, 0.4) is 0 Å². The number of amides is 1. The lowest BCUT2D eigenvalue weighted by molar-refractivity contribution is -0.129. The molecule has 2 aromatic carbocycles. The molecular weight excluding hydrogens is 390 g/mol. The van der Waals surface area contributed by atoms with Crippen molar-refractivity contribution in [3.8, 4) is 11.5 Å². The van der Waals surface area contributed by atoms with Crippen molar-refractivity contribution in [3.05, 3.63) is 58.6 Å². The number of nitrogens with one attached hydrogen (secondary N) is 1. The Kier molecular flexibility index (Phi) is 6.70. The van der Waals surface area contributed by atoms with Crippen molar-refractivity contribution in [1.29, 1.82) is 0 Å². The molecule has 0 aromatic heterocycles. The van der Waals surface area contributed by atoms with Crippen molar-refractivity contribution >= 4 is 17.5 Å². The zero-order valence-corrected chi connectivity index (χ0v) is 16.1. The van der Waals surface area contributed by atoms with Crippen LogP contribution in [0.4, 0.5) is 8.78 Å². The van der Waals surface area contributed by atoms with Gasteiger partial charge in [0.05, 0.1) is 10.9 Å². The van der Waals surface area contributed by atoms with Crippen LogP contribution in [0.1, 0.15) is 11.1 Å². The number of benzene rings is 2. The lowest BCUT2D eigenvalue weighted by Gasteiger charge is -2.38. The van der Waals surface area contributed by atoms with Crippen LogP contribution in [0.2, 0.25) is 5.02 Å². The average Bonchev–Trinajstić information content (AvgIpc) is 2.65. The number of rotatable bonds is 8. The molecule has 0 radical (unpaired) electrons. The van der Waals surface area contributed by atoms with Crippen molar-refractivity contribution in [1.82, 2.24) is 10.2 Å². The Morgan fingerprint density at radius 1 is 1.21 bits per heavy atom. The number of hydrogen-bond acceptors (Lipinski definition) is 4. The Bertz CT molecular complexity index is 812. The van der Waals surface area contributed by atoms with E-state index in [4.69, 9.17) is 16.3 Å². The molecule has 0 unspecified atom stereocenters. The summed E-state index contributed by atoms with van der Waals surface area (Å²) in [4.78, 5) is 13.7. The molecule has 2 aromatic rings. The van der Waals surface area contributed by atoms with E-state index in [-0.39, 0.29) is 29.2 Å². The minimum absolute atomic E-state index is 0.0716. The summed E-state index contributed by atoms with van der Waals surface area (Å²) in [6.07, 6.45) is 0. The van der Waals surface area contributed by atoms with Gasteiger partial charge in [-0.05, 0) is 35.4 Å². The molecule has 1 N–H and O–H groups in total. The molecule has 1 heterocycles. The van der Waals surface area contributed by atoms with Crippen LogP contribution in [-0.2, 0) is 17.9 Å². The molecule has 0 saturated carbocycles. The number of halogens is 3. The number of ether oxygens (including phenoxy) is 2. The van der Waals surface area contributed by atoms with Crippen molar-refractivity contribution in [3.63, 3.8) is 0 Å². The number of carbonyl (C=O) groups is 1. The van der Waals surface area contributed by atoms with Crippen LogP contribution in [0.25, 0.3) is 0 Å². The summed E-state index contributed by atoms with van der Waals surface area (Å²) in [7, 11) is 1.65. The minimum Gasteiger partial charge on any atom is -0.489 e. The van der Waals surface area contributed by atoms with Gasteiger partial charge in [-0.25, -0.2) is 0 Å². The van der Waals surface area contributed by atoms with E-state index in [2.05, 4.69) is 15.0 Å². The van der Waals surface area contributed by atoms with Gasteiger partial charge in [0, 0.05) is 26.7 Å². The van der Waals surface area contributed by atoms with Gasteiger partial charge in [0.1, 0.15) is 18.1 Å². The maximum atomic E-state index is 12.4. The second-order valence-electron chi connectivity index (χ2n) is 6.58. The van der Waals surface area contributed by atoms with Gasteiger partial charge < -0.3 is 14.8 Å². The molecule has 28 heavy (non-hydrogen) atoms. The number of carbonyl (C=O) groups excluding carboxylic acids is 1. The zero-order chi connectivity index (χ0) is 20.1. The first-order chi connectivity index (χ1) is 13.4. The molecular formula is C20H21ClF2N2O3. The highest BCUT2D eigenvalue weighted by atomic mass is 35.5. The molecule has 1 aliphatic heterocycles. The lowest BCUT2D eigenvalue weighted by atomic mass is 9.98. The second kappa shape index (κ2) is 9.21. The maximum Gasteiger partial charge on any atom is 0.387 e. The highest BCUT2D eigenvalue weighted by Crippen LogP contribution is 2.28. The number of alkyl halides is 2. The van der Waals surface area contributed by atoms with Gasteiger partial charge in [0.25, 0.3) is 0 Å². The first-order valence-corrected chi connectivity index (χ1v) is 9.21. The molecule has 0 aliphatic carbocycles. The number of hydrogen-bond donors (Lipinski definition) is 1. The van der Waals surface area contributed by atoms with Crippen LogP contribution >= 0.6 is 11.6 Å². The zero-order valence-electron chi connectivity index (χ0n) is 15.3. The number of nitrogens with zero attached hydrogens (tertiary/aromatic N) is 1. The van der Waals surface area contributed by atoms with Crippen LogP contribution in [-0.4, -0.2) is 37.6 Å². The topological polar surface area (TPSA) is 50.8 Å². The van der Waals surface area contributed by atoms with Gasteiger partial charge in [-0.2, -0.15) is 8.78 Å².